The number of anilines is 6. The normalized spacial score (nSPS) is 11.4. The van der Waals surface area contributed by atoms with Crippen molar-refractivity contribution in [3.63, 3.8) is 0 Å². The molecule has 0 radical (unpaired) electrons. The fourth-order valence-electron chi connectivity index (χ4n) is 6.92. The molecule has 0 bridgehead atoms. The van der Waals surface area contributed by atoms with E-state index < -0.39 is 0 Å². The molecule has 0 fully saturated rings. The summed E-state index contributed by atoms with van der Waals surface area (Å²) in [6.07, 6.45) is 4.41. The summed E-state index contributed by atoms with van der Waals surface area (Å²) in [5, 5.41) is 4.98. The van der Waals surface area contributed by atoms with E-state index in [0.29, 0.717) is 0 Å². The van der Waals surface area contributed by atoms with E-state index in [2.05, 4.69) is 220 Å². The summed E-state index contributed by atoms with van der Waals surface area (Å²) in [5.41, 5.74) is 14.2. The second kappa shape index (κ2) is 14.1. The Balaban J connectivity index is 1.06. The van der Waals surface area contributed by atoms with Crippen LogP contribution in [0.5, 0.6) is 0 Å². The topological polar surface area (TPSA) is 6.48 Å². The highest BCUT2D eigenvalue weighted by Crippen LogP contribution is 2.38. The molecule has 2 nitrogen and oxygen atoms in total. The summed E-state index contributed by atoms with van der Waals surface area (Å²) in [6, 6.07) is 61.9. The Kier molecular flexibility index (Phi) is 8.89. The molecule has 0 saturated carbocycles. The average Bonchev–Trinajstić information content (AvgIpc) is 3.17. The van der Waals surface area contributed by atoms with E-state index in [9.17, 15) is 0 Å². The van der Waals surface area contributed by atoms with Crippen molar-refractivity contribution in [1.29, 1.82) is 0 Å². The molecule has 8 rings (SSSR count). The van der Waals surface area contributed by atoms with Gasteiger partial charge in [0.25, 0.3) is 0 Å². The van der Waals surface area contributed by atoms with Crippen molar-refractivity contribution in [2.24, 2.45) is 0 Å². The molecule has 0 aliphatic carbocycles. The zero-order chi connectivity index (χ0) is 35.6. The quantitative estimate of drug-likeness (QED) is 0.117. The molecule has 0 aliphatic rings. The third-order valence-corrected chi connectivity index (χ3v) is 9.89. The second-order valence-corrected chi connectivity index (χ2v) is 13.9. The van der Waals surface area contributed by atoms with Crippen molar-refractivity contribution in [2.75, 3.05) is 9.80 Å². The maximum absolute atomic E-state index is 2.34. The van der Waals surface area contributed by atoms with Crippen LogP contribution in [0, 0.1) is 27.7 Å². The summed E-state index contributed by atoms with van der Waals surface area (Å²) in [5.74, 6) is 0. The van der Waals surface area contributed by atoms with Gasteiger partial charge in [-0.3, -0.25) is 0 Å². The van der Waals surface area contributed by atoms with E-state index in [0.717, 1.165) is 39.7 Å². The smallest absolute Gasteiger partial charge is 0.0468 e. The number of hydrogen-bond donors (Lipinski definition) is 0. The molecule has 0 saturated heterocycles. The number of nitrogens with zero attached hydrogens (tertiary/aromatic N) is 2. The van der Waals surface area contributed by atoms with Crippen LogP contribution in [-0.4, -0.2) is 0 Å². The first-order valence-corrected chi connectivity index (χ1v) is 18.0. The molecule has 0 unspecified atom stereocenters. The average molecular weight is 671 g/mol. The van der Waals surface area contributed by atoms with Gasteiger partial charge < -0.3 is 9.80 Å². The lowest BCUT2D eigenvalue weighted by molar-refractivity contribution is 1.27. The Morgan fingerprint density at radius 2 is 0.596 bits per heavy atom. The zero-order valence-electron chi connectivity index (χ0n) is 30.2. The largest absolute Gasteiger partial charge is 0.311 e. The zero-order valence-corrected chi connectivity index (χ0v) is 30.2. The van der Waals surface area contributed by atoms with E-state index >= 15 is 0 Å². The molecule has 8 aromatic carbocycles. The SMILES string of the molecule is Cc1ccc(N(c2ccc(C)cc2)c2ccc(/C=C/c3ccc4c(ccc5cc(N(c6ccc(C)cc6)c6ccc(C)cc6)ccc54)c3)cc2)cc1. The van der Waals surface area contributed by atoms with Gasteiger partial charge in [-0.2, -0.15) is 0 Å². The van der Waals surface area contributed by atoms with E-state index in [4.69, 9.17) is 0 Å². The molecule has 0 atom stereocenters. The van der Waals surface area contributed by atoms with Gasteiger partial charge in [0.15, 0.2) is 0 Å². The van der Waals surface area contributed by atoms with Gasteiger partial charge in [-0.25, -0.2) is 0 Å². The van der Waals surface area contributed by atoms with Crippen LogP contribution in [0.1, 0.15) is 33.4 Å². The molecule has 8 aromatic rings. The molecule has 0 amide bonds. The second-order valence-electron chi connectivity index (χ2n) is 13.9. The van der Waals surface area contributed by atoms with E-state index in [1.54, 1.807) is 0 Å². The van der Waals surface area contributed by atoms with Crippen molar-refractivity contribution in [3.05, 3.63) is 203 Å². The molecule has 0 aromatic heterocycles. The Hall–Kier alpha value is -6.38. The van der Waals surface area contributed by atoms with E-state index in [1.165, 1.54) is 49.4 Å². The number of hydrogen-bond acceptors (Lipinski definition) is 2. The van der Waals surface area contributed by atoms with Gasteiger partial charge in [-0.15, -0.1) is 0 Å². The van der Waals surface area contributed by atoms with Gasteiger partial charge in [0, 0.05) is 34.1 Å². The number of aryl methyl sites for hydroxylation is 4. The minimum atomic E-state index is 1.13. The number of rotatable bonds is 8. The highest BCUT2D eigenvalue weighted by molar-refractivity contribution is 6.09. The van der Waals surface area contributed by atoms with Crippen molar-refractivity contribution in [2.45, 2.75) is 27.7 Å². The van der Waals surface area contributed by atoms with Gasteiger partial charge in [0.2, 0.25) is 0 Å². The van der Waals surface area contributed by atoms with Gasteiger partial charge in [-0.05, 0) is 139 Å². The van der Waals surface area contributed by atoms with Crippen LogP contribution >= 0.6 is 0 Å². The molecule has 0 heterocycles. The van der Waals surface area contributed by atoms with Crippen LogP contribution in [0.4, 0.5) is 34.1 Å². The van der Waals surface area contributed by atoms with Crippen LogP contribution in [0.2, 0.25) is 0 Å². The Labute approximate surface area is 307 Å². The number of benzene rings is 8. The lowest BCUT2D eigenvalue weighted by Crippen LogP contribution is -2.09. The predicted molar refractivity (Wildman–Crippen MR) is 225 cm³/mol. The first-order valence-electron chi connectivity index (χ1n) is 18.0. The van der Waals surface area contributed by atoms with Crippen LogP contribution in [0.15, 0.2) is 170 Å². The minimum absolute atomic E-state index is 1.13. The highest BCUT2D eigenvalue weighted by Gasteiger charge is 2.15. The van der Waals surface area contributed by atoms with Crippen molar-refractivity contribution < 1.29 is 0 Å². The summed E-state index contributed by atoms with van der Waals surface area (Å²) < 4.78 is 0. The highest BCUT2D eigenvalue weighted by atomic mass is 15.1. The van der Waals surface area contributed by atoms with Crippen LogP contribution in [0.25, 0.3) is 33.7 Å². The summed E-state index contributed by atoms with van der Waals surface area (Å²) in [4.78, 5) is 4.65. The third-order valence-electron chi connectivity index (χ3n) is 9.89. The molecule has 0 aliphatic heterocycles. The Bertz CT molecular complexity index is 2420. The maximum atomic E-state index is 2.34. The van der Waals surface area contributed by atoms with Crippen molar-refractivity contribution in [1.82, 2.24) is 0 Å². The standard InChI is InChI=1S/C50H42N2/c1-35-5-20-43(21-6-35)51(44-22-7-36(2)8-23-44)47-28-15-39(16-29-47)13-14-40-17-31-49-41(33-40)18-19-42-34-48(30-32-50(42)49)52(45-24-9-37(3)10-25-45)46-26-11-38(4)12-27-46/h5-34H,1-4H3/b14-13+. The third kappa shape index (κ3) is 6.84. The molecule has 2 heteroatoms. The van der Waals surface area contributed by atoms with Crippen molar-refractivity contribution in [3.8, 4) is 0 Å². The molecule has 252 valence electrons. The van der Waals surface area contributed by atoms with Gasteiger partial charge in [-0.1, -0.05) is 125 Å². The summed E-state index contributed by atoms with van der Waals surface area (Å²) >= 11 is 0. The summed E-state index contributed by atoms with van der Waals surface area (Å²) in [6.45, 7) is 8.52. The van der Waals surface area contributed by atoms with Crippen molar-refractivity contribution >= 4 is 67.8 Å². The van der Waals surface area contributed by atoms with Gasteiger partial charge in [0.05, 0.1) is 0 Å². The molecule has 52 heavy (non-hydrogen) atoms. The van der Waals surface area contributed by atoms with Gasteiger partial charge >= 0.3 is 0 Å². The predicted octanol–water partition coefficient (Wildman–Crippen LogP) is 14.3. The van der Waals surface area contributed by atoms with Gasteiger partial charge in [0.1, 0.15) is 0 Å². The first-order chi connectivity index (χ1) is 25.4. The first kappa shape index (κ1) is 32.8. The lowest BCUT2D eigenvalue weighted by atomic mass is 9.99. The van der Waals surface area contributed by atoms with Crippen LogP contribution in [-0.2, 0) is 0 Å². The monoisotopic (exact) mass is 670 g/mol. The lowest BCUT2D eigenvalue weighted by Gasteiger charge is -2.26. The molecule has 0 spiro atoms. The number of fused-ring (bicyclic) bond motifs is 3. The Morgan fingerprint density at radius 1 is 0.288 bits per heavy atom. The van der Waals surface area contributed by atoms with Crippen LogP contribution < -0.4 is 9.80 Å². The fourth-order valence-corrected chi connectivity index (χ4v) is 6.92. The Morgan fingerprint density at radius 3 is 1.04 bits per heavy atom. The van der Waals surface area contributed by atoms with E-state index in [1.807, 2.05) is 0 Å². The molecular weight excluding hydrogens is 629 g/mol. The van der Waals surface area contributed by atoms with Crippen LogP contribution in [0.3, 0.4) is 0 Å². The summed E-state index contributed by atoms with van der Waals surface area (Å²) in [7, 11) is 0. The molecular formula is C50H42N2. The molecule has 0 N–H and O–H groups in total. The fraction of sp³-hybridized carbons (Fsp3) is 0.0800. The maximum Gasteiger partial charge on any atom is 0.0468 e. The minimum Gasteiger partial charge on any atom is -0.311 e. The van der Waals surface area contributed by atoms with E-state index in [-0.39, 0.29) is 0 Å².